The maximum absolute atomic E-state index is 13.0. The second kappa shape index (κ2) is 8.84. The Kier molecular flexibility index (Phi) is 6.44. The maximum Gasteiger partial charge on any atom is 0.251 e. The molecule has 1 heterocycles. The molecule has 1 aliphatic heterocycles. The molecule has 1 atom stereocenters. The summed E-state index contributed by atoms with van der Waals surface area (Å²) in [5, 5.41) is 2.90. The van der Waals surface area contributed by atoms with Crippen molar-refractivity contribution < 1.29 is 22.7 Å². The molecular formula is C21H26N2O5S. The lowest BCUT2D eigenvalue weighted by atomic mass is 10.1. The van der Waals surface area contributed by atoms with Crippen molar-refractivity contribution in [1.82, 2.24) is 9.62 Å². The molecule has 1 N–H and O–H groups in total. The molecule has 2 aromatic carbocycles. The first-order valence-corrected chi connectivity index (χ1v) is 10.9. The zero-order valence-electron chi connectivity index (χ0n) is 16.8. The maximum atomic E-state index is 13.0. The Morgan fingerprint density at radius 3 is 2.34 bits per heavy atom. The molecule has 29 heavy (non-hydrogen) atoms. The number of amides is 1. The number of para-hydroxylation sites is 1. The van der Waals surface area contributed by atoms with Gasteiger partial charge in [0.05, 0.1) is 20.3 Å². The van der Waals surface area contributed by atoms with Crippen LogP contribution in [0.1, 0.15) is 41.7 Å². The number of nitrogens with one attached hydrogen (secondary N) is 1. The number of ether oxygens (including phenoxy) is 2. The zero-order valence-corrected chi connectivity index (χ0v) is 17.7. The van der Waals surface area contributed by atoms with E-state index in [1.54, 1.807) is 13.2 Å². The molecule has 1 fully saturated rings. The lowest BCUT2D eigenvalue weighted by Gasteiger charge is -2.19. The van der Waals surface area contributed by atoms with E-state index in [2.05, 4.69) is 5.32 Å². The number of hydrogen-bond donors (Lipinski definition) is 1. The van der Waals surface area contributed by atoms with Crippen molar-refractivity contribution in [3.8, 4) is 11.5 Å². The number of carbonyl (C=O) groups is 1. The van der Waals surface area contributed by atoms with Gasteiger partial charge in [0.2, 0.25) is 10.0 Å². The quantitative estimate of drug-likeness (QED) is 0.747. The third kappa shape index (κ3) is 4.38. The van der Waals surface area contributed by atoms with Crippen molar-refractivity contribution in [2.45, 2.75) is 30.7 Å². The first-order chi connectivity index (χ1) is 13.9. The largest absolute Gasteiger partial charge is 0.496 e. The monoisotopic (exact) mass is 418 g/mol. The standard InChI is InChI=1S/C21H26N2O5S/c1-15(17-8-4-5-9-18(17)27-2)22-21(24)16-10-11-19(28-3)20(14-16)29(25,26)23-12-6-7-13-23/h4-5,8-11,14-15H,6-7,12-13H2,1-3H3,(H,22,24)/t15-/m0/s1. The fourth-order valence-electron chi connectivity index (χ4n) is 3.47. The van der Waals surface area contributed by atoms with Gasteiger partial charge in [0, 0.05) is 24.2 Å². The predicted octanol–water partition coefficient (Wildman–Crippen LogP) is 2.98. The van der Waals surface area contributed by atoms with Gasteiger partial charge in [-0.3, -0.25) is 4.79 Å². The molecule has 0 spiro atoms. The third-order valence-corrected chi connectivity index (χ3v) is 6.98. The van der Waals surface area contributed by atoms with Crippen LogP contribution in [0, 0.1) is 0 Å². The fourth-order valence-corrected chi connectivity index (χ4v) is 5.17. The van der Waals surface area contributed by atoms with E-state index in [4.69, 9.17) is 9.47 Å². The Hall–Kier alpha value is -2.58. The molecule has 1 saturated heterocycles. The van der Waals surface area contributed by atoms with Crippen molar-refractivity contribution in [2.75, 3.05) is 27.3 Å². The summed E-state index contributed by atoms with van der Waals surface area (Å²) in [6.07, 6.45) is 1.66. The van der Waals surface area contributed by atoms with E-state index >= 15 is 0 Å². The van der Waals surface area contributed by atoms with Gasteiger partial charge in [0.1, 0.15) is 16.4 Å². The Morgan fingerprint density at radius 1 is 1.03 bits per heavy atom. The number of benzene rings is 2. The highest BCUT2D eigenvalue weighted by molar-refractivity contribution is 7.89. The van der Waals surface area contributed by atoms with Crippen LogP contribution < -0.4 is 14.8 Å². The van der Waals surface area contributed by atoms with Gasteiger partial charge in [-0.15, -0.1) is 0 Å². The molecule has 0 unspecified atom stereocenters. The van der Waals surface area contributed by atoms with Crippen LogP contribution in [0.5, 0.6) is 11.5 Å². The van der Waals surface area contributed by atoms with Crippen LogP contribution in [0.4, 0.5) is 0 Å². The molecular weight excluding hydrogens is 392 g/mol. The average molecular weight is 419 g/mol. The molecule has 0 aliphatic carbocycles. The van der Waals surface area contributed by atoms with E-state index in [0.29, 0.717) is 18.8 Å². The molecule has 7 nitrogen and oxygen atoms in total. The Balaban J connectivity index is 1.88. The van der Waals surface area contributed by atoms with Gasteiger partial charge in [-0.05, 0) is 44.0 Å². The number of sulfonamides is 1. The molecule has 156 valence electrons. The summed E-state index contributed by atoms with van der Waals surface area (Å²) in [5.74, 6) is 0.530. The van der Waals surface area contributed by atoms with Gasteiger partial charge in [-0.2, -0.15) is 4.31 Å². The zero-order chi connectivity index (χ0) is 21.0. The van der Waals surface area contributed by atoms with E-state index in [1.807, 2.05) is 31.2 Å². The van der Waals surface area contributed by atoms with Crippen LogP contribution in [-0.4, -0.2) is 45.9 Å². The Morgan fingerprint density at radius 2 is 1.69 bits per heavy atom. The highest BCUT2D eigenvalue weighted by Crippen LogP contribution is 2.30. The minimum absolute atomic E-state index is 0.0134. The van der Waals surface area contributed by atoms with Crippen molar-refractivity contribution in [2.24, 2.45) is 0 Å². The van der Waals surface area contributed by atoms with Crippen LogP contribution in [-0.2, 0) is 10.0 Å². The van der Waals surface area contributed by atoms with Crippen molar-refractivity contribution in [1.29, 1.82) is 0 Å². The summed E-state index contributed by atoms with van der Waals surface area (Å²) in [6.45, 7) is 2.81. The van der Waals surface area contributed by atoms with E-state index in [9.17, 15) is 13.2 Å². The smallest absolute Gasteiger partial charge is 0.251 e. The predicted molar refractivity (Wildman–Crippen MR) is 110 cm³/mol. The van der Waals surface area contributed by atoms with E-state index < -0.39 is 10.0 Å². The molecule has 1 amide bonds. The van der Waals surface area contributed by atoms with Gasteiger partial charge in [0.25, 0.3) is 5.91 Å². The summed E-state index contributed by atoms with van der Waals surface area (Å²) in [5.41, 5.74) is 1.09. The van der Waals surface area contributed by atoms with Gasteiger partial charge >= 0.3 is 0 Å². The van der Waals surface area contributed by atoms with Gasteiger partial charge in [-0.1, -0.05) is 18.2 Å². The average Bonchev–Trinajstić information content (AvgIpc) is 3.29. The Bertz CT molecular complexity index is 984. The molecule has 0 radical (unpaired) electrons. The normalized spacial score (nSPS) is 15.7. The Labute approximate surface area is 171 Å². The van der Waals surface area contributed by atoms with Crippen LogP contribution in [0.3, 0.4) is 0 Å². The van der Waals surface area contributed by atoms with E-state index in [1.165, 1.54) is 23.5 Å². The molecule has 0 aromatic heterocycles. The van der Waals surface area contributed by atoms with Crippen LogP contribution in [0.25, 0.3) is 0 Å². The van der Waals surface area contributed by atoms with Crippen molar-refractivity contribution in [3.63, 3.8) is 0 Å². The summed E-state index contributed by atoms with van der Waals surface area (Å²) < 4.78 is 38.1. The SMILES string of the molecule is COc1ccccc1[C@H](C)NC(=O)c1ccc(OC)c(S(=O)(=O)N2CCCC2)c1. The minimum Gasteiger partial charge on any atom is -0.496 e. The second-order valence-corrected chi connectivity index (χ2v) is 8.82. The lowest BCUT2D eigenvalue weighted by Crippen LogP contribution is -2.29. The van der Waals surface area contributed by atoms with E-state index in [-0.39, 0.29) is 28.2 Å². The molecule has 1 aliphatic rings. The van der Waals surface area contributed by atoms with Crippen LogP contribution >= 0.6 is 0 Å². The van der Waals surface area contributed by atoms with Crippen LogP contribution in [0.15, 0.2) is 47.4 Å². The van der Waals surface area contributed by atoms with Crippen molar-refractivity contribution >= 4 is 15.9 Å². The summed E-state index contributed by atoms with van der Waals surface area (Å²) in [4.78, 5) is 12.8. The number of rotatable bonds is 7. The number of hydrogen-bond acceptors (Lipinski definition) is 5. The first-order valence-electron chi connectivity index (χ1n) is 9.50. The second-order valence-electron chi connectivity index (χ2n) is 6.91. The minimum atomic E-state index is -3.72. The molecule has 2 aromatic rings. The van der Waals surface area contributed by atoms with Gasteiger partial charge in [-0.25, -0.2) is 8.42 Å². The lowest BCUT2D eigenvalue weighted by molar-refractivity contribution is 0.0939. The number of nitrogens with zero attached hydrogens (tertiary/aromatic N) is 1. The summed E-state index contributed by atoms with van der Waals surface area (Å²) in [6, 6.07) is 11.6. The summed E-state index contributed by atoms with van der Waals surface area (Å²) in [7, 11) is -0.726. The van der Waals surface area contributed by atoms with Gasteiger partial charge < -0.3 is 14.8 Å². The molecule has 3 rings (SSSR count). The van der Waals surface area contributed by atoms with E-state index in [0.717, 1.165) is 18.4 Å². The molecule has 0 bridgehead atoms. The highest BCUT2D eigenvalue weighted by Gasteiger charge is 2.30. The van der Waals surface area contributed by atoms with Crippen molar-refractivity contribution in [3.05, 3.63) is 53.6 Å². The fraction of sp³-hybridized carbons (Fsp3) is 0.381. The highest BCUT2D eigenvalue weighted by atomic mass is 32.2. The summed E-state index contributed by atoms with van der Waals surface area (Å²) >= 11 is 0. The third-order valence-electron chi connectivity index (χ3n) is 5.06. The topological polar surface area (TPSA) is 84.9 Å². The van der Waals surface area contributed by atoms with Crippen LogP contribution in [0.2, 0.25) is 0 Å². The first kappa shape index (κ1) is 21.1. The number of carbonyl (C=O) groups excluding carboxylic acids is 1. The van der Waals surface area contributed by atoms with Gasteiger partial charge in [0.15, 0.2) is 0 Å². The molecule has 0 saturated carbocycles. The molecule has 8 heteroatoms. The number of methoxy groups -OCH3 is 2.